The highest BCUT2D eigenvalue weighted by atomic mass is 32.1. The minimum Gasteiger partial charge on any atom is -0.465 e. The van der Waals surface area contributed by atoms with Gasteiger partial charge in [-0.3, -0.25) is 9.69 Å². The van der Waals surface area contributed by atoms with E-state index < -0.39 is 5.97 Å². The SMILES string of the molecule is CCN(Cc1nc2sc(C(=O)OC)c(C)c2c(=O)[nH]1)C(C)C(C)C. The van der Waals surface area contributed by atoms with Gasteiger partial charge in [-0.2, -0.15) is 0 Å². The van der Waals surface area contributed by atoms with Crippen LogP contribution in [0.25, 0.3) is 10.2 Å². The molecule has 0 aliphatic rings. The molecule has 7 heteroatoms. The van der Waals surface area contributed by atoms with Gasteiger partial charge in [0.2, 0.25) is 0 Å². The molecular formula is C17H25N3O3S. The number of aromatic nitrogens is 2. The first-order valence-electron chi connectivity index (χ1n) is 8.14. The number of hydrogen-bond acceptors (Lipinski definition) is 6. The standard InChI is InChI=1S/C17H25N3O3S/c1-7-20(11(5)9(2)3)8-12-18-15(21)13-10(4)14(17(22)23-6)24-16(13)19-12/h9,11H,7-8H2,1-6H3,(H,18,19,21). The summed E-state index contributed by atoms with van der Waals surface area (Å²) in [5.74, 6) is 0.704. The zero-order valence-electron chi connectivity index (χ0n) is 15.1. The summed E-state index contributed by atoms with van der Waals surface area (Å²) < 4.78 is 4.78. The summed E-state index contributed by atoms with van der Waals surface area (Å²) >= 11 is 1.21. The van der Waals surface area contributed by atoms with E-state index in [1.807, 2.05) is 0 Å². The fourth-order valence-electron chi connectivity index (χ4n) is 2.71. The predicted molar refractivity (Wildman–Crippen MR) is 96.7 cm³/mol. The van der Waals surface area contributed by atoms with E-state index in [1.165, 1.54) is 18.4 Å². The average molecular weight is 351 g/mol. The zero-order chi connectivity index (χ0) is 18.0. The van der Waals surface area contributed by atoms with Gasteiger partial charge in [0, 0.05) is 6.04 Å². The van der Waals surface area contributed by atoms with Gasteiger partial charge in [-0.15, -0.1) is 11.3 Å². The summed E-state index contributed by atoms with van der Waals surface area (Å²) in [5, 5.41) is 0.476. The molecule has 2 rings (SSSR count). The number of nitrogens with one attached hydrogen (secondary N) is 1. The van der Waals surface area contributed by atoms with Crippen LogP contribution < -0.4 is 5.56 Å². The summed E-state index contributed by atoms with van der Waals surface area (Å²) in [5.41, 5.74) is 0.428. The lowest BCUT2D eigenvalue weighted by atomic mass is 10.0. The molecule has 0 aromatic carbocycles. The third kappa shape index (κ3) is 3.52. The molecule has 0 spiro atoms. The number of carbonyl (C=O) groups excluding carboxylic acids is 1. The normalized spacial score (nSPS) is 13.0. The molecule has 0 saturated heterocycles. The molecular weight excluding hydrogens is 326 g/mol. The van der Waals surface area contributed by atoms with E-state index in [0.717, 1.165) is 6.54 Å². The number of methoxy groups -OCH3 is 1. The number of aromatic amines is 1. The first kappa shape index (κ1) is 18.6. The Balaban J connectivity index is 2.44. The van der Waals surface area contributed by atoms with Crippen LogP contribution in [0, 0.1) is 12.8 Å². The van der Waals surface area contributed by atoms with Crippen molar-refractivity contribution in [1.29, 1.82) is 0 Å². The van der Waals surface area contributed by atoms with Crippen LogP contribution in [-0.4, -0.2) is 40.5 Å². The van der Waals surface area contributed by atoms with Crippen LogP contribution in [-0.2, 0) is 11.3 Å². The lowest BCUT2D eigenvalue weighted by Gasteiger charge is -2.30. The Kier molecular flexibility index (Phi) is 5.77. The highest BCUT2D eigenvalue weighted by molar-refractivity contribution is 7.20. The summed E-state index contributed by atoms with van der Waals surface area (Å²) in [6.07, 6.45) is 0. The Morgan fingerprint density at radius 1 is 1.38 bits per heavy atom. The largest absolute Gasteiger partial charge is 0.465 e. The number of thiophene rings is 1. The van der Waals surface area contributed by atoms with Crippen LogP contribution in [0.2, 0.25) is 0 Å². The van der Waals surface area contributed by atoms with Gasteiger partial charge in [0.25, 0.3) is 5.56 Å². The summed E-state index contributed by atoms with van der Waals surface area (Å²) in [4.78, 5) is 35.0. The van der Waals surface area contributed by atoms with E-state index in [4.69, 9.17) is 4.74 Å². The number of nitrogens with zero attached hydrogens (tertiary/aromatic N) is 2. The molecule has 0 radical (unpaired) electrons. The summed E-state index contributed by atoms with van der Waals surface area (Å²) in [6.45, 7) is 11.8. The van der Waals surface area contributed by atoms with Gasteiger partial charge in [-0.1, -0.05) is 20.8 Å². The third-order valence-electron chi connectivity index (χ3n) is 4.52. The van der Waals surface area contributed by atoms with Crippen molar-refractivity contribution < 1.29 is 9.53 Å². The number of hydrogen-bond donors (Lipinski definition) is 1. The molecule has 0 amide bonds. The van der Waals surface area contributed by atoms with Gasteiger partial charge >= 0.3 is 5.97 Å². The van der Waals surface area contributed by atoms with Crippen LogP contribution in [0.4, 0.5) is 0 Å². The second-order valence-corrected chi connectivity index (χ2v) is 7.29. The van der Waals surface area contributed by atoms with Crippen molar-refractivity contribution in [2.45, 2.75) is 47.2 Å². The Morgan fingerprint density at radius 2 is 2.04 bits per heavy atom. The molecule has 0 fully saturated rings. The minimum atomic E-state index is -0.430. The van der Waals surface area contributed by atoms with E-state index in [0.29, 0.717) is 45.0 Å². The van der Waals surface area contributed by atoms with E-state index in [9.17, 15) is 9.59 Å². The van der Waals surface area contributed by atoms with Crippen LogP contribution >= 0.6 is 11.3 Å². The molecule has 2 aromatic heterocycles. The Hall–Kier alpha value is -1.73. The van der Waals surface area contributed by atoms with Crippen molar-refractivity contribution in [2.75, 3.05) is 13.7 Å². The molecule has 24 heavy (non-hydrogen) atoms. The van der Waals surface area contributed by atoms with Crippen molar-refractivity contribution in [1.82, 2.24) is 14.9 Å². The Labute approximate surface area is 145 Å². The lowest BCUT2D eigenvalue weighted by Crippen LogP contribution is -2.37. The summed E-state index contributed by atoms with van der Waals surface area (Å²) in [7, 11) is 1.33. The Morgan fingerprint density at radius 3 is 2.58 bits per heavy atom. The number of ether oxygens (including phenoxy) is 1. The molecule has 0 bridgehead atoms. The van der Waals surface area contributed by atoms with Crippen LogP contribution in [0.5, 0.6) is 0 Å². The molecule has 2 aromatic rings. The van der Waals surface area contributed by atoms with Crippen molar-refractivity contribution >= 4 is 27.5 Å². The second-order valence-electron chi connectivity index (χ2n) is 6.29. The molecule has 1 unspecified atom stereocenters. The van der Waals surface area contributed by atoms with Crippen LogP contribution in [0.15, 0.2) is 4.79 Å². The fourth-order valence-corrected chi connectivity index (χ4v) is 3.83. The smallest absolute Gasteiger partial charge is 0.348 e. The first-order valence-corrected chi connectivity index (χ1v) is 8.96. The van der Waals surface area contributed by atoms with Gasteiger partial charge < -0.3 is 9.72 Å². The monoisotopic (exact) mass is 351 g/mol. The predicted octanol–water partition coefficient (Wildman–Crippen LogP) is 2.95. The molecule has 1 N–H and O–H groups in total. The quantitative estimate of drug-likeness (QED) is 0.810. The van der Waals surface area contributed by atoms with Gasteiger partial charge in [0.15, 0.2) is 0 Å². The highest BCUT2D eigenvalue weighted by Gasteiger charge is 2.21. The van der Waals surface area contributed by atoms with Crippen molar-refractivity contribution in [3.8, 4) is 0 Å². The molecule has 0 aliphatic heterocycles. The third-order valence-corrected chi connectivity index (χ3v) is 5.69. The Bertz CT molecular complexity index is 794. The fraction of sp³-hybridized carbons (Fsp3) is 0.588. The maximum atomic E-state index is 12.5. The van der Waals surface area contributed by atoms with Crippen molar-refractivity contribution in [3.05, 3.63) is 26.6 Å². The first-order chi connectivity index (χ1) is 11.3. The molecule has 0 saturated carbocycles. The number of carbonyl (C=O) groups is 1. The lowest BCUT2D eigenvalue weighted by molar-refractivity contribution is 0.0605. The maximum absolute atomic E-state index is 12.5. The van der Waals surface area contributed by atoms with E-state index in [2.05, 4.69) is 42.6 Å². The highest BCUT2D eigenvalue weighted by Crippen LogP contribution is 2.27. The minimum absolute atomic E-state index is 0.202. The number of esters is 1. The molecule has 6 nitrogen and oxygen atoms in total. The van der Waals surface area contributed by atoms with Gasteiger partial charge in [0.05, 0.1) is 19.0 Å². The molecule has 1 atom stereocenters. The van der Waals surface area contributed by atoms with E-state index in [-0.39, 0.29) is 5.56 Å². The van der Waals surface area contributed by atoms with E-state index >= 15 is 0 Å². The number of aryl methyl sites for hydroxylation is 1. The van der Waals surface area contributed by atoms with Gasteiger partial charge in [-0.25, -0.2) is 9.78 Å². The van der Waals surface area contributed by atoms with Gasteiger partial charge in [-0.05, 0) is 31.9 Å². The number of fused-ring (bicyclic) bond motifs is 1. The number of H-pyrrole nitrogens is 1. The maximum Gasteiger partial charge on any atom is 0.348 e. The average Bonchev–Trinajstić information content (AvgIpc) is 2.88. The van der Waals surface area contributed by atoms with Crippen LogP contribution in [0.3, 0.4) is 0 Å². The molecule has 0 aliphatic carbocycles. The summed E-state index contributed by atoms with van der Waals surface area (Å²) in [6, 6.07) is 0.381. The second kappa shape index (κ2) is 7.44. The number of rotatable bonds is 6. The van der Waals surface area contributed by atoms with Gasteiger partial charge in [0.1, 0.15) is 15.5 Å². The zero-order valence-corrected chi connectivity index (χ0v) is 15.9. The van der Waals surface area contributed by atoms with E-state index in [1.54, 1.807) is 6.92 Å². The topological polar surface area (TPSA) is 75.3 Å². The molecule has 2 heterocycles. The van der Waals surface area contributed by atoms with Crippen molar-refractivity contribution in [2.24, 2.45) is 5.92 Å². The van der Waals surface area contributed by atoms with Crippen LogP contribution in [0.1, 0.15) is 48.8 Å². The van der Waals surface area contributed by atoms with Crippen molar-refractivity contribution in [3.63, 3.8) is 0 Å². The molecule has 132 valence electrons.